The number of amides is 2. The molecular formula is C24H26F2N4O3. The van der Waals surface area contributed by atoms with Crippen molar-refractivity contribution in [2.75, 3.05) is 50.1 Å². The van der Waals surface area contributed by atoms with Gasteiger partial charge in [-0.3, -0.25) is 4.90 Å². The number of furan rings is 1. The molecule has 1 aliphatic rings. The van der Waals surface area contributed by atoms with Crippen LogP contribution in [-0.4, -0.2) is 50.8 Å². The average molecular weight is 456 g/mol. The molecule has 1 fully saturated rings. The van der Waals surface area contributed by atoms with Crippen LogP contribution in [0.25, 0.3) is 0 Å². The molecule has 2 aromatic carbocycles. The van der Waals surface area contributed by atoms with Gasteiger partial charge in [0.25, 0.3) is 0 Å². The molecular weight excluding hydrogens is 430 g/mol. The molecule has 0 aliphatic carbocycles. The Morgan fingerprint density at radius 3 is 2.33 bits per heavy atom. The fourth-order valence-electron chi connectivity index (χ4n) is 3.94. The molecule has 1 saturated heterocycles. The summed E-state index contributed by atoms with van der Waals surface area (Å²) in [5, 5.41) is 4.97. The number of nitrogens with zero attached hydrogens (tertiary/aromatic N) is 2. The van der Waals surface area contributed by atoms with Crippen LogP contribution in [0.5, 0.6) is 5.75 Å². The van der Waals surface area contributed by atoms with Gasteiger partial charge < -0.3 is 24.7 Å². The number of carbonyl (C=O) groups is 1. The van der Waals surface area contributed by atoms with Crippen molar-refractivity contribution in [2.45, 2.75) is 6.04 Å². The van der Waals surface area contributed by atoms with Crippen molar-refractivity contribution in [3.05, 3.63) is 78.3 Å². The fraction of sp³-hybridized carbons (Fsp3) is 0.292. The number of carbonyl (C=O) groups excluding carboxylic acids is 1. The number of hydrogen-bond donors (Lipinski definition) is 2. The van der Waals surface area contributed by atoms with Crippen molar-refractivity contribution in [2.24, 2.45) is 0 Å². The van der Waals surface area contributed by atoms with Gasteiger partial charge >= 0.3 is 6.03 Å². The largest absolute Gasteiger partial charge is 0.497 e. The van der Waals surface area contributed by atoms with Crippen molar-refractivity contribution in [3.63, 3.8) is 0 Å². The van der Waals surface area contributed by atoms with E-state index in [0.29, 0.717) is 5.76 Å². The molecule has 1 atom stereocenters. The zero-order valence-electron chi connectivity index (χ0n) is 18.3. The first-order chi connectivity index (χ1) is 16.0. The molecule has 2 heterocycles. The van der Waals surface area contributed by atoms with Crippen LogP contribution in [0.1, 0.15) is 11.8 Å². The number of piperazine rings is 1. The number of hydrogen-bond acceptors (Lipinski definition) is 5. The van der Waals surface area contributed by atoms with E-state index in [1.807, 2.05) is 30.3 Å². The lowest BCUT2D eigenvalue weighted by Gasteiger charge is -2.39. The molecule has 0 bridgehead atoms. The van der Waals surface area contributed by atoms with Gasteiger partial charge in [0.2, 0.25) is 0 Å². The lowest BCUT2D eigenvalue weighted by Crippen LogP contribution is -2.50. The van der Waals surface area contributed by atoms with Gasteiger partial charge in [-0.05, 0) is 48.5 Å². The number of halogens is 2. The maximum Gasteiger partial charge on any atom is 0.319 e. The second kappa shape index (κ2) is 10.4. The molecule has 0 radical (unpaired) electrons. The smallest absolute Gasteiger partial charge is 0.319 e. The first kappa shape index (κ1) is 22.6. The predicted octanol–water partition coefficient (Wildman–Crippen LogP) is 4.25. The van der Waals surface area contributed by atoms with Gasteiger partial charge in [0.1, 0.15) is 28.8 Å². The SMILES string of the molecule is COc1ccc(N2CCN(C(CNC(=O)Nc3c(F)cccc3F)c3ccco3)CC2)cc1. The Morgan fingerprint density at radius 1 is 1.03 bits per heavy atom. The van der Waals surface area contributed by atoms with Crippen LogP contribution in [0, 0.1) is 11.6 Å². The minimum atomic E-state index is -0.831. The summed E-state index contributed by atoms with van der Waals surface area (Å²) >= 11 is 0. The Hall–Kier alpha value is -3.59. The molecule has 0 saturated carbocycles. The van der Waals surface area contributed by atoms with Crippen molar-refractivity contribution in [3.8, 4) is 5.75 Å². The number of methoxy groups -OCH3 is 1. The van der Waals surface area contributed by atoms with Crippen LogP contribution < -0.4 is 20.3 Å². The van der Waals surface area contributed by atoms with Crippen LogP contribution in [0.4, 0.5) is 25.0 Å². The molecule has 7 nitrogen and oxygen atoms in total. The second-order valence-electron chi connectivity index (χ2n) is 7.68. The van der Waals surface area contributed by atoms with Gasteiger partial charge in [-0.1, -0.05) is 6.07 Å². The normalized spacial score (nSPS) is 15.2. The first-order valence-electron chi connectivity index (χ1n) is 10.7. The fourth-order valence-corrected chi connectivity index (χ4v) is 3.94. The number of para-hydroxylation sites is 1. The highest BCUT2D eigenvalue weighted by Gasteiger charge is 2.27. The van der Waals surface area contributed by atoms with Crippen molar-refractivity contribution < 1.29 is 22.7 Å². The summed E-state index contributed by atoms with van der Waals surface area (Å²) < 4.78 is 38.5. The quantitative estimate of drug-likeness (QED) is 0.556. The van der Waals surface area contributed by atoms with E-state index >= 15 is 0 Å². The topological polar surface area (TPSA) is 70.0 Å². The summed E-state index contributed by atoms with van der Waals surface area (Å²) in [5.41, 5.74) is 0.645. The maximum atomic E-state index is 13.8. The van der Waals surface area contributed by atoms with Crippen LogP contribution >= 0.6 is 0 Å². The van der Waals surface area contributed by atoms with Gasteiger partial charge in [0, 0.05) is 38.4 Å². The Labute approximate surface area is 190 Å². The molecule has 4 rings (SSSR count). The minimum Gasteiger partial charge on any atom is -0.497 e. The summed E-state index contributed by atoms with van der Waals surface area (Å²) in [6, 6.07) is 14.1. The van der Waals surface area contributed by atoms with Crippen molar-refractivity contribution in [1.29, 1.82) is 0 Å². The van der Waals surface area contributed by atoms with Crippen LogP contribution in [0.2, 0.25) is 0 Å². The van der Waals surface area contributed by atoms with Gasteiger partial charge in [0.05, 0.1) is 19.4 Å². The highest BCUT2D eigenvalue weighted by molar-refractivity contribution is 5.89. The molecule has 0 spiro atoms. The van der Waals surface area contributed by atoms with E-state index in [4.69, 9.17) is 9.15 Å². The van der Waals surface area contributed by atoms with E-state index in [2.05, 4.69) is 20.4 Å². The second-order valence-corrected chi connectivity index (χ2v) is 7.68. The zero-order valence-corrected chi connectivity index (χ0v) is 18.3. The maximum absolute atomic E-state index is 13.8. The third kappa shape index (κ3) is 5.43. The van der Waals surface area contributed by atoms with E-state index in [1.165, 1.54) is 6.07 Å². The highest BCUT2D eigenvalue weighted by atomic mass is 19.1. The molecule has 2 amide bonds. The van der Waals surface area contributed by atoms with Gasteiger partial charge in [-0.2, -0.15) is 0 Å². The number of urea groups is 1. The minimum absolute atomic E-state index is 0.214. The summed E-state index contributed by atoms with van der Waals surface area (Å²) in [4.78, 5) is 16.9. The third-order valence-corrected chi connectivity index (χ3v) is 5.72. The molecule has 1 aliphatic heterocycles. The number of benzene rings is 2. The summed E-state index contributed by atoms with van der Waals surface area (Å²) in [7, 11) is 1.64. The number of ether oxygens (including phenoxy) is 1. The van der Waals surface area contributed by atoms with Crippen molar-refractivity contribution in [1.82, 2.24) is 10.2 Å². The lowest BCUT2D eigenvalue weighted by molar-refractivity contribution is 0.162. The van der Waals surface area contributed by atoms with E-state index in [-0.39, 0.29) is 12.6 Å². The Bertz CT molecular complexity index is 1030. The molecule has 1 aromatic heterocycles. The molecule has 1 unspecified atom stereocenters. The Balaban J connectivity index is 1.37. The Kier molecular flexibility index (Phi) is 7.09. The zero-order chi connectivity index (χ0) is 23.2. The summed E-state index contributed by atoms with van der Waals surface area (Å²) in [5.74, 6) is -0.134. The summed E-state index contributed by atoms with van der Waals surface area (Å²) in [6.07, 6.45) is 1.59. The number of rotatable bonds is 7. The van der Waals surface area contributed by atoms with Gasteiger partial charge in [-0.25, -0.2) is 13.6 Å². The molecule has 9 heteroatoms. The van der Waals surface area contributed by atoms with Crippen LogP contribution in [0.15, 0.2) is 65.3 Å². The third-order valence-electron chi connectivity index (χ3n) is 5.72. The molecule has 33 heavy (non-hydrogen) atoms. The highest BCUT2D eigenvalue weighted by Crippen LogP contribution is 2.26. The number of nitrogens with one attached hydrogen (secondary N) is 2. The van der Waals surface area contributed by atoms with Gasteiger partial charge in [-0.15, -0.1) is 0 Å². The monoisotopic (exact) mass is 456 g/mol. The Morgan fingerprint density at radius 2 is 1.73 bits per heavy atom. The summed E-state index contributed by atoms with van der Waals surface area (Å²) in [6.45, 7) is 3.33. The predicted molar refractivity (Wildman–Crippen MR) is 122 cm³/mol. The van der Waals surface area contributed by atoms with E-state index in [9.17, 15) is 13.6 Å². The lowest BCUT2D eigenvalue weighted by atomic mass is 10.1. The van der Waals surface area contributed by atoms with Crippen LogP contribution in [-0.2, 0) is 0 Å². The number of anilines is 2. The van der Waals surface area contributed by atoms with Crippen LogP contribution in [0.3, 0.4) is 0 Å². The van der Waals surface area contributed by atoms with E-state index < -0.39 is 23.4 Å². The molecule has 3 aromatic rings. The molecule has 174 valence electrons. The first-order valence-corrected chi connectivity index (χ1v) is 10.7. The van der Waals surface area contributed by atoms with E-state index in [1.54, 1.807) is 19.4 Å². The standard InChI is InChI=1S/C24H26F2N4O3/c1-32-18-9-7-17(8-10-18)29-11-13-30(14-12-29)21(22-6-3-15-33-22)16-27-24(31)28-23-19(25)4-2-5-20(23)26/h2-10,15,21H,11-14,16H2,1H3,(H2,27,28,31). The average Bonchev–Trinajstić information content (AvgIpc) is 3.37. The van der Waals surface area contributed by atoms with Crippen molar-refractivity contribution >= 4 is 17.4 Å². The molecule has 2 N–H and O–H groups in total. The van der Waals surface area contributed by atoms with Gasteiger partial charge in [0.15, 0.2) is 0 Å². The van der Waals surface area contributed by atoms with E-state index in [0.717, 1.165) is 49.7 Å².